The van der Waals surface area contributed by atoms with E-state index in [-0.39, 0.29) is 0 Å². The molecule has 0 nitrogen and oxygen atoms in total. The normalized spacial score (nSPS) is 22.4. The van der Waals surface area contributed by atoms with Gasteiger partial charge in [-0.3, -0.25) is 0 Å². The Bertz CT molecular complexity index is 129. The van der Waals surface area contributed by atoms with Gasteiger partial charge in [-0.05, 0) is 36.0 Å². The molecule has 0 spiro atoms. The van der Waals surface area contributed by atoms with Gasteiger partial charge in [0.05, 0.1) is 0 Å². The van der Waals surface area contributed by atoms with Crippen LogP contribution in [0, 0.1) is 23.2 Å². The Morgan fingerprint density at radius 1 is 1.09 bits per heavy atom. The molecule has 0 aromatic rings. The van der Waals surface area contributed by atoms with Gasteiger partial charge in [0.2, 0.25) is 0 Å². The van der Waals surface area contributed by atoms with Gasteiger partial charge in [0.1, 0.15) is 0 Å². The van der Waals surface area contributed by atoms with Crippen LogP contribution in [0.3, 0.4) is 0 Å². The third-order valence-electron chi connectivity index (χ3n) is 3.80. The molecular weight excluding hydrogens is 132 g/mol. The fraction of sp³-hybridized carbons (Fsp3) is 1.00. The second-order valence-electron chi connectivity index (χ2n) is 5.13. The van der Waals surface area contributed by atoms with Crippen molar-refractivity contribution in [2.45, 2.75) is 47.5 Å². The Hall–Kier alpha value is 0. The van der Waals surface area contributed by atoms with Crippen LogP contribution >= 0.6 is 0 Å². The second kappa shape index (κ2) is 2.80. The van der Waals surface area contributed by atoms with Crippen molar-refractivity contribution in [1.82, 2.24) is 0 Å². The van der Waals surface area contributed by atoms with Crippen molar-refractivity contribution in [3.63, 3.8) is 0 Å². The SMILES string of the molecule is CC(C)C(C)C(C)(C)C1CC1. The van der Waals surface area contributed by atoms with Crippen molar-refractivity contribution >= 4 is 0 Å². The standard InChI is InChI=1S/C11H22/c1-8(2)9(3)11(4,5)10-6-7-10/h8-10H,6-7H2,1-5H3. The first-order valence-electron chi connectivity index (χ1n) is 4.96. The van der Waals surface area contributed by atoms with Gasteiger partial charge in [-0.15, -0.1) is 0 Å². The van der Waals surface area contributed by atoms with E-state index in [1.54, 1.807) is 0 Å². The van der Waals surface area contributed by atoms with Crippen molar-refractivity contribution < 1.29 is 0 Å². The van der Waals surface area contributed by atoms with E-state index >= 15 is 0 Å². The van der Waals surface area contributed by atoms with Crippen LogP contribution < -0.4 is 0 Å². The van der Waals surface area contributed by atoms with Crippen molar-refractivity contribution in [2.75, 3.05) is 0 Å². The molecule has 0 saturated heterocycles. The van der Waals surface area contributed by atoms with Crippen LogP contribution in [0.2, 0.25) is 0 Å². The van der Waals surface area contributed by atoms with Gasteiger partial charge < -0.3 is 0 Å². The van der Waals surface area contributed by atoms with Gasteiger partial charge in [-0.1, -0.05) is 34.6 Å². The van der Waals surface area contributed by atoms with Crippen LogP contribution in [-0.2, 0) is 0 Å². The largest absolute Gasteiger partial charge is 0.0625 e. The molecule has 0 amide bonds. The van der Waals surface area contributed by atoms with Gasteiger partial charge in [0.25, 0.3) is 0 Å². The number of rotatable bonds is 3. The smallest absolute Gasteiger partial charge is 0.0298 e. The molecule has 0 heteroatoms. The zero-order valence-electron chi connectivity index (χ0n) is 8.65. The average molecular weight is 154 g/mol. The Labute approximate surface area is 71.4 Å². The van der Waals surface area contributed by atoms with Gasteiger partial charge in [0, 0.05) is 0 Å². The molecule has 1 aliphatic rings. The molecule has 1 rings (SSSR count). The summed E-state index contributed by atoms with van der Waals surface area (Å²) in [5.41, 5.74) is 0.591. The van der Waals surface area contributed by atoms with Gasteiger partial charge in [0.15, 0.2) is 0 Å². The van der Waals surface area contributed by atoms with Crippen LogP contribution in [-0.4, -0.2) is 0 Å². The summed E-state index contributed by atoms with van der Waals surface area (Å²) in [6.07, 6.45) is 2.95. The van der Waals surface area contributed by atoms with E-state index in [4.69, 9.17) is 0 Å². The molecule has 0 aromatic carbocycles. The van der Waals surface area contributed by atoms with Gasteiger partial charge >= 0.3 is 0 Å². The van der Waals surface area contributed by atoms with E-state index in [9.17, 15) is 0 Å². The Kier molecular flexibility index (Phi) is 2.32. The lowest BCUT2D eigenvalue weighted by atomic mass is 9.71. The number of hydrogen-bond donors (Lipinski definition) is 0. The lowest BCUT2D eigenvalue weighted by Gasteiger charge is -2.34. The van der Waals surface area contributed by atoms with Crippen LogP contribution in [0.25, 0.3) is 0 Å². The fourth-order valence-electron chi connectivity index (χ4n) is 2.06. The first kappa shape index (κ1) is 9.09. The summed E-state index contributed by atoms with van der Waals surface area (Å²) in [5.74, 6) is 2.74. The minimum Gasteiger partial charge on any atom is -0.0625 e. The van der Waals surface area contributed by atoms with Gasteiger partial charge in [-0.25, -0.2) is 0 Å². The predicted octanol–water partition coefficient (Wildman–Crippen LogP) is 3.71. The van der Waals surface area contributed by atoms with Crippen LogP contribution in [0.15, 0.2) is 0 Å². The summed E-state index contributed by atoms with van der Waals surface area (Å²) in [6.45, 7) is 12.0. The molecule has 0 heterocycles. The maximum absolute atomic E-state index is 2.44. The Balaban J connectivity index is 2.54. The quantitative estimate of drug-likeness (QED) is 0.581. The van der Waals surface area contributed by atoms with Crippen LogP contribution in [0.1, 0.15) is 47.5 Å². The van der Waals surface area contributed by atoms with Crippen molar-refractivity contribution in [1.29, 1.82) is 0 Å². The third-order valence-corrected chi connectivity index (χ3v) is 3.80. The molecule has 1 fully saturated rings. The highest BCUT2D eigenvalue weighted by molar-refractivity contribution is 4.91. The van der Waals surface area contributed by atoms with E-state index in [1.807, 2.05) is 0 Å². The lowest BCUT2D eigenvalue weighted by Crippen LogP contribution is -2.27. The summed E-state index contributed by atoms with van der Waals surface area (Å²) in [5, 5.41) is 0. The molecule has 0 aliphatic heterocycles. The zero-order valence-corrected chi connectivity index (χ0v) is 8.65. The molecule has 1 saturated carbocycles. The molecular formula is C11H22. The van der Waals surface area contributed by atoms with E-state index in [2.05, 4.69) is 34.6 Å². The molecule has 0 bridgehead atoms. The predicted molar refractivity (Wildman–Crippen MR) is 50.5 cm³/mol. The van der Waals surface area contributed by atoms with Crippen LogP contribution in [0.5, 0.6) is 0 Å². The summed E-state index contributed by atoms with van der Waals surface area (Å²) in [6, 6.07) is 0. The average Bonchev–Trinajstić information content (AvgIpc) is 2.66. The highest BCUT2D eigenvalue weighted by Gasteiger charge is 2.41. The molecule has 0 N–H and O–H groups in total. The minimum atomic E-state index is 0.591. The first-order valence-corrected chi connectivity index (χ1v) is 4.96. The third kappa shape index (κ3) is 1.77. The Morgan fingerprint density at radius 2 is 1.55 bits per heavy atom. The van der Waals surface area contributed by atoms with Gasteiger partial charge in [-0.2, -0.15) is 0 Å². The molecule has 0 radical (unpaired) electrons. The molecule has 1 unspecified atom stereocenters. The van der Waals surface area contributed by atoms with E-state index in [1.165, 1.54) is 12.8 Å². The van der Waals surface area contributed by atoms with E-state index in [0.29, 0.717) is 5.41 Å². The minimum absolute atomic E-state index is 0.591. The van der Waals surface area contributed by atoms with E-state index in [0.717, 1.165) is 17.8 Å². The highest BCUT2D eigenvalue weighted by Crippen LogP contribution is 2.51. The summed E-state index contributed by atoms with van der Waals surface area (Å²) in [7, 11) is 0. The topological polar surface area (TPSA) is 0 Å². The summed E-state index contributed by atoms with van der Waals surface area (Å²) in [4.78, 5) is 0. The van der Waals surface area contributed by atoms with Crippen molar-refractivity contribution in [3.05, 3.63) is 0 Å². The second-order valence-corrected chi connectivity index (χ2v) is 5.13. The maximum Gasteiger partial charge on any atom is -0.0298 e. The highest BCUT2D eigenvalue weighted by atomic mass is 14.5. The molecule has 11 heavy (non-hydrogen) atoms. The van der Waals surface area contributed by atoms with Crippen LogP contribution in [0.4, 0.5) is 0 Å². The summed E-state index contributed by atoms with van der Waals surface area (Å²) < 4.78 is 0. The molecule has 1 aliphatic carbocycles. The Morgan fingerprint density at radius 3 is 1.82 bits per heavy atom. The van der Waals surface area contributed by atoms with E-state index < -0.39 is 0 Å². The zero-order chi connectivity index (χ0) is 8.65. The molecule has 0 aromatic heterocycles. The molecule has 66 valence electrons. The fourth-order valence-corrected chi connectivity index (χ4v) is 2.06. The maximum atomic E-state index is 2.44. The summed E-state index contributed by atoms with van der Waals surface area (Å²) >= 11 is 0. The number of hydrogen-bond acceptors (Lipinski definition) is 0. The monoisotopic (exact) mass is 154 g/mol. The molecule has 1 atom stereocenters. The van der Waals surface area contributed by atoms with Crippen molar-refractivity contribution in [2.24, 2.45) is 23.2 Å². The van der Waals surface area contributed by atoms with Crippen molar-refractivity contribution in [3.8, 4) is 0 Å². The first-order chi connectivity index (χ1) is 4.96. The lowest BCUT2D eigenvalue weighted by molar-refractivity contribution is 0.144.